The maximum absolute atomic E-state index is 13.3. The van der Waals surface area contributed by atoms with Crippen molar-refractivity contribution in [1.82, 2.24) is 9.13 Å². The molecule has 0 unspecified atom stereocenters. The van der Waals surface area contributed by atoms with Crippen molar-refractivity contribution in [2.24, 2.45) is 0 Å². The molecule has 4 aromatic rings. The SMILES string of the molecule is Cc1ccc(C(=O)Oc2cc(C)n(-c3cc(C(=O)O)ccc3C)c(=O)c2Br)cc1-n1c(C)cc(O)c(Br)c1=O. The number of ether oxygens (including phenoxy) is 1. The summed E-state index contributed by atoms with van der Waals surface area (Å²) in [6.45, 7) is 6.82. The van der Waals surface area contributed by atoms with Crippen molar-refractivity contribution in [3.8, 4) is 22.9 Å². The van der Waals surface area contributed by atoms with Crippen LogP contribution < -0.4 is 15.9 Å². The molecule has 4 rings (SSSR count). The number of rotatable bonds is 5. The molecule has 0 radical (unpaired) electrons. The Bertz CT molecular complexity index is 1810. The molecule has 0 atom stereocenters. The fourth-order valence-electron chi connectivity index (χ4n) is 4.17. The lowest BCUT2D eigenvalue weighted by Gasteiger charge is -2.17. The van der Waals surface area contributed by atoms with Gasteiger partial charge in [0.05, 0.1) is 22.5 Å². The Kier molecular flexibility index (Phi) is 7.67. The van der Waals surface area contributed by atoms with Gasteiger partial charge in [-0.15, -0.1) is 0 Å². The monoisotopic (exact) mass is 656 g/mol. The molecule has 2 heterocycles. The number of aromatic hydroxyl groups is 1. The van der Waals surface area contributed by atoms with Gasteiger partial charge in [0.25, 0.3) is 11.1 Å². The van der Waals surface area contributed by atoms with E-state index in [1.54, 1.807) is 45.9 Å². The van der Waals surface area contributed by atoms with Crippen molar-refractivity contribution < 1.29 is 24.5 Å². The molecule has 2 aromatic carbocycles. The molecule has 0 saturated heterocycles. The average molecular weight is 658 g/mol. The van der Waals surface area contributed by atoms with Crippen LogP contribution in [-0.2, 0) is 0 Å². The van der Waals surface area contributed by atoms with Crippen molar-refractivity contribution in [3.63, 3.8) is 0 Å². The normalized spacial score (nSPS) is 10.9. The zero-order valence-electron chi connectivity index (χ0n) is 21.2. The Morgan fingerprint density at radius 2 is 1.23 bits per heavy atom. The maximum atomic E-state index is 13.3. The average Bonchev–Trinajstić information content (AvgIpc) is 2.87. The van der Waals surface area contributed by atoms with E-state index in [1.165, 1.54) is 39.5 Å². The first-order valence-electron chi connectivity index (χ1n) is 11.5. The number of carbonyl (C=O) groups is 2. The second-order valence-corrected chi connectivity index (χ2v) is 10.5. The van der Waals surface area contributed by atoms with Crippen LogP contribution in [0.5, 0.6) is 11.5 Å². The molecular formula is C28H22Br2N2O7. The standard InChI is InChI=1S/C28H22Br2N2O7/c1-13-5-7-17(27(36)37)11-19(13)32-16(4)10-22(24(30)26(32)35)39-28(38)18-8-6-14(2)20(12-18)31-15(3)9-21(33)23(29)25(31)34/h5-12,33H,1-4H3,(H,36,37). The van der Waals surface area contributed by atoms with Gasteiger partial charge in [-0.05, 0) is 94.9 Å². The quantitative estimate of drug-likeness (QED) is 0.276. The molecule has 0 saturated carbocycles. The molecule has 11 heteroatoms. The number of halogens is 2. The van der Waals surface area contributed by atoms with Gasteiger partial charge in [0.2, 0.25) is 0 Å². The van der Waals surface area contributed by atoms with E-state index in [4.69, 9.17) is 4.74 Å². The highest BCUT2D eigenvalue weighted by Gasteiger charge is 2.20. The smallest absolute Gasteiger partial charge is 0.343 e. The van der Waals surface area contributed by atoms with Crippen LogP contribution in [0.15, 0.2) is 67.1 Å². The molecule has 0 aliphatic rings. The number of esters is 1. The summed E-state index contributed by atoms with van der Waals surface area (Å²) >= 11 is 6.33. The highest BCUT2D eigenvalue weighted by Crippen LogP contribution is 2.28. The first kappa shape index (κ1) is 28.1. The zero-order valence-corrected chi connectivity index (χ0v) is 24.4. The molecule has 9 nitrogen and oxygen atoms in total. The second kappa shape index (κ2) is 10.7. The van der Waals surface area contributed by atoms with Gasteiger partial charge < -0.3 is 14.9 Å². The molecule has 0 aliphatic carbocycles. The largest absolute Gasteiger partial charge is 0.506 e. The number of carboxylic acids is 1. The number of carboxylic acid groups (broad SMARTS) is 1. The van der Waals surface area contributed by atoms with Gasteiger partial charge in [-0.1, -0.05) is 12.1 Å². The van der Waals surface area contributed by atoms with E-state index in [-0.39, 0.29) is 31.6 Å². The summed E-state index contributed by atoms with van der Waals surface area (Å²) < 4.78 is 8.25. The molecule has 0 amide bonds. The lowest BCUT2D eigenvalue weighted by atomic mass is 10.1. The zero-order chi connectivity index (χ0) is 28.8. The Morgan fingerprint density at radius 1 is 0.744 bits per heavy atom. The Morgan fingerprint density at radius 3 is 1.79 bits per heavy atom. The number of benzene rings is 2. The van der Waals surface area contributed by atoms with Crippen LogP contribution in [0.25, 0.3) is 11.4 Å². The first-order valence-corrected chi connectivity index (χ1v) is 13.1. The van der Waals surface area contributed by atoms with E-state index in [0.29, 0.717) is 33.9 Å². The van der Waals surface area contributed by atoms with Gasteiger partial charge in [-0.3, -0.25) is 18.7 Å². The van der Waals surface area contributed by atoms with E-state index in [0.717, 1.165) is 0 Å². The summed E-state index contributed by atoms with van der Waals surface area (Å²) in [6.07, 6.45) is 0. The van der Waals surface area contributed by atoms with Crippen molar-refractivity contribution in [2.75, 3.05) is 0 Å². The van der Waals surface area contributed by atoms with E-state index in [9.17, 15) is 29.4 Å². The minimum absolute atomic E-state index is 0.00965. The van der Waals surface area contributed by atoms with Crippen molar-refractivity contribution in [3.05, 3.63) is 112 Å². The number of nitrogens with zero attached hydrogens (tertiary/aromatic N) is 2. The number of hydrogen-bond acceptors (Lipinski definition) is 6. The van der Waals surface area contributed by atoms with E-state index < -0.39 is 23.1 Å². The second-order valence-electron chi connectivity index (χ2n) is 8.93. The van der Waals surface area contributed by atoms with Crippen LogP contribution in [0.3, 0.4) is 0 Å². The van der Waals surface area contributed by atoms with Crippen LogP contribution in [0, 0.1) is 27.7 Å². The number of aryl methyl sites for hydroxylation is 4. The number of carbonyl (C=O) groups excluding carboxylic acids is 1. The molecule has 0 fully saturated rings. The Labute approximate surface area is 239 Å². The van der Waals surface area contributed by atoms with Gasteiger partial charge in [0.15, 0.2) is 5.75 Å². The van der Waals surface area contributed by atoms with Gasteiger partial charge in [0.1, 0.15) is 14.7 Å². The summed E-state index contributed by atoms with van der Waals surface area (Å²) in [5.41, 5.74) is 2.19. The maximum Gasteiger partial charge on any atom is 0.343 e. The molecule has 0 bridgehead atoms. The van der Waals surface area contributed by atoms with Crippen molar-refractivity contribution >= 4 is 43.8 Å². The van der Waals surface area contributed by atoms with Crippen LogP contribution >= 0.6 is 31.9 Å². The highest BCUT2D eigenvalue weighted by atomic mass is 79.9. The van der Waals surface area contributed by atoms with Crippen LogP contribution in [0.4, 0.5) is 0 Å². The summed E-state index contributed by atoms with van der Waals surface area (Å²) in [7, 11) is 0. The van der Waals surface area contributed by atoms with Crippen LogP contribution in [-0.4, -0.2) is 31.3 Å². The third-order valence-corrected chi connectivity index (χ3v) is 7.67. The molecular weight excluding hydrogens is 636 g/mol. The topological polar surface area (TPSA) is 128 Å². The number of aromatic carboxylic acids is 1. The Hall–Kier alpha value is -3.96. The third kappa shape index (κ3) is 5.19. The van der Waals surface area contributed by atoms with Gasteiger partial charge in [-0.25, -0.2) is 9.59 Å². The fraction of sp³-hybridized carbons (Fsp3) is 0.143. The summed E-state index contributed by atoms with van der Waals surface area (Å²) in [4.78, 5) is 50.8. The molecule has 0 aliphatic heterocycles. The van der Waals surface area contributed by atoms with Crippen molar-refractivity contribution in [1.29, 1.82) is 0 Å². The van der Waals surface area contributed by atoms with Crippen LogP contribution in [0.1, 0.15) is 43.2 Å². The third-order valence-electron chi connectivity index (χ3n) is 6.20. The first-order chi connectivity index (χ1) is 18.3. The molecule has 2 aromatic heterocycles. The van der Waals surface area contributed by atoms with Gasteiger partial charge >= 0.3 is 11.9 Å². The number of pyridine rings is 2. The lowest BCUT2D eigenvalue weighted by Crippen LogP contribution is -2.24. The molecule has 200 valence electrons. The Balaban J connectivity index is 1.75. The summed E-state index contributed by atoms with van der Waals surface area (Å²) in [5, 5.41) is 19.3. The van der Waals surface area contributed by atoms with E-state index in [2.05, 4.69) is 31.9 Å². The predicted molar refractivity (Wildman–Crippen MR) is 152 cm³/mol. The molecule has 2 N–H and O–H groups in total. The molecule has 39 heavy (non-hydrogen) atoms. The minimum atomic E-state index is -1.12. The minimum Gasteiger partial charge on any atom is -0.506 e. The predicted octanol–water partition coefficient (Wildman–Crippen LogP) is 5.37. The van der Waals surface area contributed by atoms with Gasteiger partial charge in [-0.2, -0.15) is 0 Å². The van der Waals surface area contributed by atoms with E-state index in [1.807, 2.05) is 0 Å². The number of hydrogen-bond donors (Lipinski definition) is 2. The summed E-state index contributed by atoms with van der Waals surface area (Å²) in [6, 6.07) is 12.1. The van der Waals surface area contributed by atoms with Crippen molar-refractivity contribution in [2.45, 2.75) is 27.7 Å². The highest BCUT2D eigenvalue weighted by molar-refractivity contribution is 9.10. The fourth-order valence-corrected chi connectivity index (χ4v) is 4.83. The molecule has 0 spiro atoms. The van der Waals surface area contributed by atoms with Crippen LogP contribution in [0.2, 0.25) is 0 Å². The summed E-state index contributed by atoms with van der Waals surface area (Å²) in [5.74, 6) is -2.10. The number of aromatic nitrogens is 2. The van der Waals surface area contributed by atoms with Gasteiger partial charge in [0, 0.05) is 23.5 Å². The van der Waals surface area contributed by atoms with E-state index >= 15 is 0 Å². The lowest BCUT2D eigenvalue weighted by molar-refractivity contribution is 0.0694.